The van der Waals surface area contributed by atoms with E-state index in [1.165, 1.54) is 24.3 Å². The lowest BCUT2D eigenvalue weighted by Gasteiger charge is -2.34. The normalized spacial score (nSPS) is 22.1. The van der Waals surface area contributed by atoms with Crippen molar-refractivity contribution in [3.8, 4) is 35.4 Å². The van der Waals surface area contributed by atoms with Crippen molar-refractivity contribution in [1.82, 2.24) is 25.2 Å². The van der Waals surface area contributed by atoms with Gasteiger partial charge in [-0.15, -0.1) is 6.42 Å². The molecule has 10 heteroatoms. The van der Waals surface area contributed by atoms with E-state index in [4.69, 9.17) is 16.1 Å². The molecule has 43 heavy (non-hydrogen) atoms. The molecule has 2 aromatic carbocycles. The first-order valence-corrected chi connectivity index (χ1v) is 15.0. The van der Waals surface area contributed by atoms with Gasteiger partial charge in [-0.2, -0.15) is 9.97 Å². The van der Waals surface area contributed by atoms with Crippen LogP contribution in [0.15, 0.2) is 30.5 Å². The summed E-state index contributed by atoms with van der Waals surface area (Å²) in [6.07, 6.45) is 11.5. The van der Waals surface area contributed by atoms with Crippen LogP contribution in [0.4, 0.5) is 14.6 Å². The zero-order valence-corrected chi connectivity index (χ0v) is 24.3. The predicted molar refractivity (Wildman–Crippen MR) is 162 cm³/mol. The fourth-order valence-electron chi connectivity index (χ4n) is 7.13. The number of likely N-dealkylation sites (tertiary alicyclic amines) is 1. The average Bonchev–Trinajstić information content (AvgIpc) is 3.61. The Kier molecular flexibility index (Phi) is 7.02. The Morgan fingerprint density at radius 2 is 1.93 bits per heavy atom. The third kappa shape index (κ3) is 4.90. The molecule has 5 heterocycles. The number of terminal acetylenes is 1. The van der Waals surface area contributed by atoms with Gasteiger partial charge in [0, 0.05) is 54.4 Å². The Morgan fingerprint density at radius 3 is 2.67 bits per heavy atom. The van der Waals surface area contributed by atoms with E-state index in [1.807, 2.05) is 0 Å². The number of aromatic hydroxyl groups is 1. The molecule has 8 nitrogen and oxygen atoms in total. The summed E-state index contributed by atoms with van der Waals surface area (Å²) >= 11 is 0. The number of ether oxygens (including phenoxy) is 1. The summed E-state index contributed by atoms with van der Waals surface area (Å²) in [5, 5.41) is 15.4. The Hall–Kier alpha value is -4.07. The molecule has 222 valence electrons. The minimum Gasteiger partial charge on any atom is -0.508 e. The maximum absolute atomic E-state index is 16.7. The molecule has 2 aromatic heterocycles. The number of hydrogen-bond donors (Lipinski definition) is 2. The topological polar surface area (TPSA) is 86.6 Å². The number of benzene rings is 2. The number of anilines is 1. The highest BCUT2D eigenvalue weighted by molar-refractivity contribution is 6.03. The fourth-order valence-corrected chi connectivity index (χ4v) is 7.13. The van der Waals surface area contributed by atoms with Crippen molar-refractivity contribution in [2.45, 2.75) is 63.7 Å². The number of fused-ring (bicyclic) bond motifs is 4. The van der Waals surface area contributed by atoms with Gasteiger partial charge < -0.3 is 20.1 Å². The van der Waals surface area contributed by atoms with Gasteiger partial charge in [0.2, 0.25) is 0 Å². The van der Waals surface area contributed by atoms with Gasteiger partial charge in [-0.1, -0.05) is 12.0 Å². The van der Waals surface area contributed by atoms with Gasteiger partial charge in [0.1, 0.15) is 35.2 Å². The van der Waals surface area contributed by atoms with Gasteiger partial charge in [0.05, 0.1) is 10.9 Å². The Labute approximate surface area is 249 Å². The van der Waals surface area contributed by atoms with E-state index in [9.17, 15) is 9.50 Å². The lowest BCUT2D eigenvalue weighted by atomic mass is 9.96. The van der Waals surface area contributed by atoms with Gasteiger partial charge in [-0.05, 0) is 69.7 Å². The number of nitrogens with zero attached hydrogens (tertiary/aromatic N) is 5. The van der Waals surface area contributed by atoms with Gasteiger partial charge in [0.15, 0.2) is 5.82 Å². The second-order valence-electron chi connectivity index (χ2n) is 12.2. The number of pyridine rings is 1. The number of halogens is 2. The molecule has 0 saturated carbocycles. The number of nitrogens with one attached hydrogen (secondary N) is 1. The maximum atomic E-state index is 16.7. The number of hydrogen-bond acceptors (Lipinski definition) is 8. The molecule has 0 aliphatic carbocycles. The molecule has 2 bridgehead atoms. The smallest absolute Gasteiger partial charge is 0.319 e. The molecule has 3 aliphatic rings. The van der Waals surface area contributed by atoms with Crippen LogP contribution < -0.4 is 15.0 Å². The van der Waals surface area contributed by atoms with Crippen LogP contribution in [0, 0.1) is 24.0 Å². The summed E-state index contributed by atoms with van der Waals surface area (Å²) in [6.45, 7) is 7.23. The Balaban J connectivity index is 1.37. The molecule has 2 unspecified atom stereocenters. The van der Waals surface area contributed by atoms with E-state index >= 15 is 4.39 Å². The first-order valence-electron chi connectivity index (χ1n) is 15.0. The van der Waals surface area contributed by atoms with E-state index in [1.54, 1.807) is 6.20 Å². The van der Waals surface area contributed by atoms with Crippen molar-refractivity contribution in [3.63, 3.8) is 0 Å². The quantitative estimate of drug-likeness (QED) is 0.306. The van der Waals surface area contributed by atoms with E-state index in [-0.39, 0.29) is 40.1 Å². The van der Waals surface area contributed by atoms with Crippen LogP contribution >= 0.6 is 0 Å². The number of piperazine rings is 1. The summed E-state index contributed by atoms with van der Waals surface area (Å²) in [5.41, 5.74) is 0.124. The highest BCUT2D eigenvalue weighted by Crippen LogP contribution is 2.39. The van der Waals surface area contributed by atoms with Crippen LogP contribution in [-0.4, -0.2) is 75.4 Å². The molecule has 0 amide bonds. The first-order chi connectivity index (χ1) is 20.8. The third-order valence-electron chi connectivity index (χ3n) is 9.10. The molecular weight excluding hydrogens is 550 g/mol. The predicted octanol–water partition coefficient (Wildman–Crippen LogP) is 5.00. The van der Waals surface area contributed by atoms with Crippen LogP contribution in [0.3, 0.4) is 0 Å². The van der Waals surface area contributed by atoms with E-state index in [0.717, 1.165) is 45.3 Å². The van der Waals surface area contributed by atoms with E-state index < -0.39 is 11.6 Å². The van der Waals surface area contributed by atoms with Crippen molar-refractivity contribution >= 4 is 27.5 Å². The number of phenolic OH excluding ortho intramolecular Hbond substituents is 1. The number of rotatable bonds is 6. The highest BCUT2D eigenvalue weighted by atomic mass is 19.1. The molecule has 0 spiro atoms. The van der Waals surface area contributed by atoms with E-state index in [0.29, 0.717) is 46.7 Å². The van der Waals surface area contributed by atoms with Gasteiger partial charge in [-0.3, -0.25) is 9.88 Å². The minimum absolute atomic E-state index is 0.0243. The molecular formula is C33H34F2N6O2. The molecule has 2 N–H and O–H groups in total. The van der Waals surface area contributed by atoms with Crippen LogP contribution in [0.5, 0.6) is 11.8 Å². The standard InChI is InChI=1S/C33H34F2N6O2/c1-4-24-27(34)10-7-19-12-23(42)13-25(28(19)24)30-29(35)31-26(14-36-30)32(40-15-20-8-9-21(16-40)37-20)39-33(38-31)43-17-22-6-5-11-41(22)18(2)3/h1,7,10,12-14,18,20-22,37,42H,5-6,8-9,11,15-17H2,2-3H3/t20?,21?,22-/m0/s1. The second kappa shape index (κ2) is 10.9. The molecule has 7 rings (SSSR count). The lowest BCUT2D eigenvalue weighted by molar-refractivity contribution is 0.138. The SMILES string of the molecule is C#Cc1c(F)ccc2cc(O)cc(-c3ncc4c(N5CC6CCC(C5)N6)nc(OC[C@@H]5CCCN5C(C)C)nc4c3F)c12. The van der Waals surface area contributed by atoms with Gasteiger partial charge in [-0.25, -0.2) is 8.78 Å². The summed E-state index contributed by atoms with van der Waals surface area (Å²) in [4.78, 5) is 18.5. The molecule has 3 saturated heterocycles. The fraction of sp³-hybridized carbons (Fsp3) is 0.424. The van der Waals surface area contributed by atoms with Crippen molar-refractivity contribution in [2.75, 3.05) is 31.1 Å². The molecule has 4 aromatic rings. The van der Waals surface area contributed by atoms with Crippen LogP contribution in [0.1, 0.15) is 45.1 Å². The van der Waals surface area contributed by atoms with Crippen molar-refractivity contribution in [1.29, 1.82) is 0 Å². The summed E-state index contributed by atoms with van der Waals surface area (Å²) in [5.74, 6) is 1.52. The molecule has 3 atom stereocenters. The minimum atomic E-state index is -0.715. The van der Waals surface area contributed by atoms with Crippen molar-refractivity contribution < 1.29 is 18.6 Å². The summed E-state index contributed by atoms with van der Waals surface area (Å²) < 4.78 is 37.7. The van der Waals surface area contributed by atoms with Crippen molar-refractivity contribution in [3.05, 3.63) is 47.7 Å². The zero-order valence-electron chi connectivity index (χ0n) is 24.3. The van der Waals surface area contributed by atoms with Gasteiger partial charge in [0.25, 0.3) is 0 Å². The van der Waals surface area contributed by atoms with Gasteiger partial charge >= 0.3 is 6.01 Å². The second-order valence-corrected chi connectivity index (χ2v) is 12.2. The molecule has 3 fully saturated rings. The zero-order chi connectivity index (χ0) is 29.8. The van der Waals surface area contributed by atoms with E-state index in [2.05, 4.69) is 44.9 Å². The third-order valence-corrected chi connectivity index (χ3v) is 9.10. The highest BCUT2D eigenvalue weighted by Gasteiger charge is 2.35. The Morgan fingerprint density at radius 1 is 1.14 bits per heavy atom. The monoisotopic (exact) mass is 584 g/mol. The first kappa shape index (κ1) is 27.7. The molecule has 3 aliphatic heterocycles. The number of phenols is 1. The summed E-state index contributed by atoms with van der Waals surface area (Å²) in [7, 11) is 0. The van der Waals surface area contributed by atoms with Crippen molar-refractivity contribution in [2.24, 2.45) is 0 Å². The molecule has 0 radical (unpaired) electrons. The van der Waals surface area contributed by atoms with Crippen LogP contribution in [0.25, 0.3) is 32.9 Å². The summed E-state index contributed by atoms with van der Waals surface area (Å²) in [6, 6.07) is 6.95. The van der Waals surface area contributed by atoms with Crippen LogP contribution in [0.2, 0.25) is 0 Å². The Bertz CT molecular complexity index is 1760. The number of aromatic nitrogens is 3. The maximum Gasteiger partial charge on any atom is 0.319 e. The average molecular weight is 585 g/mol. The largest absolute Gasteiger partial charge is 0.508 e. The van der Waals surface area contributed by atoms with Crippen LogP contribution in [-0.2, 0) is 0 Å². The lowest BCUT2D eigenvalue weighted by Crippen LogP contribution is -2.51.